The Kier molecular flexibility index (Phi) is 4.90. The highest BCUT2D eigenvalue weighted by Crippen LogP contribution is 2.20. The van der Waals surface area contributed by atoms with E-state index in [2.05, 4.69) is 10.6 Å². The van der Waals surface area contributed by atoms with E-state index >= 15 is 0 Å². The predicted molar refractivity (Wildman–Crippen MR) is 55.1 cm³/mol. The summed E-state index contributed by atoms with van der Waals surface area (Å²) in [5, 5.41) is 5.84. The van der Waals surface area contributed by atoms with Crippen LogP contribution in [-0.4, -0.2) is 38.8 Å². The Morgan fingerprint density at radius 2 is 2.29 bits per heavy atom. The van der Waals surface area contributed by atoms with Crippen LogP contribution in [0.25, 0.3) is 0 Å². The average molecular weight is 200 g/mol. The summed E-state index contributed by atoms with van der Waals surface area (Å²) >= 11 is 0. The maximum atomic E-state index is 11.0. The molecule has 0 aromatic carbocycles. The third kappa shape index (κ3) is 3.64. The van der Waals surface area contributed by atoms with Crippen LogP contribution in [0.1, 0.15) is 25.7 Å². The first-order chi connectivity index (χ1) is 6.76. The molecule has 0 radical (unpaired) electrons. The number of amides is 1. The number of ether oxygens (including phenoxy) is 1. The van der Waals surface area contributed by atoms with E-state index in [-0.39, 0.29) is 5.91 Å². The van der Waals surface area contributed by atoms with E-state index in [0.29, 0.717) is 18.7 Å². The zero-order valence-corrected chi connectivity index (χ0v) is 9.01. The Labute approximate surface area is 85.4 Å². The number of carbonyl (C=O) groups excluding carboxylic acids is 1. The molecule has 4 heteroatoms. The van der Waals surface area contributed by atoms with E-state index < -0.39 is 0 Å². The molecule has 2 N–H and O–H groups in total. The van der Waals surface area contributed by atoms with Crippen molar-refractivity contribution in [2.24, 2.45) is 0 Å². The maximum Gasteiger partial charge on any atom is 0.233 e. The summed E-state index contributed by atoms with van der Waals surface area (Å²) in [7, 11) is 3.41. The van der Waals surface area contributed by atoms with Gasteiger partial charge in [-0.3, -0.25) is 4.79 Å². The van der Waals surface area contributed by atoms with E-state index in [4.69, 9.17) is 4.74 Å². The van der Waals surface area contributed by atoms with Crippen LogP contribution in [0.5, 0.6) is 0 Å². The topological polar surface area (TPSA) is 50.4 Å². The number of rotatable bonds is 4. The summed E-state index contributed by atoms with van der Waals surface area (Å²) in [5.41, 5.74) is 0. The van der Waals surface area contributed by atoms with Crippen molar-refractivity contribution in [1.29, 1.82) is 0 Å². The first-order valence-electron chi connectivity index (χ1n) is 5.23. The Hall–Kier alpha value is -0.610. The van der Waals surface area contributed by atoms with E-state index in [1.807, 2.05) is 0 Å². The number of hydrogen-bond donors (Lipinski definition) is 2. The molecule has 0 heterocycles. The van der Waals surface area contributed by atoms with Crippen molar-refractivity contribution < 1.29 is 9.53 Å². The van der Waals surface area contributed by atoms with Gasteiger partial charge in [0.15, 0.2) is 0 Å². The largest absolute Gasteiger partial charge is 0.381 e. The first kappa shape index (κ1) is 11.5. The van der Waals surface area contributed by atoms with Gasteiger partial charge in [0.05, 0.1) is 12.6 Å². The van der Waals surface area contributed by atoms with Gasteiger partial charge >= 0.3 is 0 Å². The fourth-order valence-corrected chi connectivity index (χ4v) is 1.87. The molecular weight excluding hydrogens is 180 g/mol. The van der Waals surface area contributed by atoms with Crippen LogP contribution in [0, 0.1) is 0 Å². The van der Waals surface area contributed by atoms with Crippen molar-refractivity contribution in [2.45, 2.75) is 37.8 Å². The lowest BCUT2D eigenvalue weighted by molar-refractivity contribution is -0.120. The third-order valence-corrected chi connectivity index (χ3v) is 2.79. The van der Waals surface area contributed by atoms with Crippen LogP contribution in [0.2, 0.25) is 0 Å². The van der Waals surface area contributed by atoms with Crippen molar-refractivity contribution in [3.63, 3.8) is 0 Å². The summed E-state index contributed by atoms with van der Waals surface area (Å²) in [5.74, 6) is 0.0459. The molecule has 82 valence electrons. The minimum Gasteiger partial charge on any atom is -0.381 e. The fraction of sp³-hybridized carbons (Fsp3) is 0.900. The monoisotopic (exact) mass is 200 g/mol. The van der Waals surface area contributed by atoms with Crippen LogP contribution >= 0.6 is 0 Å². The van der Waals surface area contributed by atoms with E-state index in [1.54, 1.807) is 14.2 Å². The molecule has 1 amide bonds. The second-order valence-electron chi connectivity index (χ2n) is 3.78. The minimum absolute atomic E-state index is 0.0459. The number of methoxy groups -OCH3 is 1. The molecule has 2 atom stereocenters. The van der Waals surface area contributed by atoms with Gasteiger partial charge in [-0.1, -0.05) is 0 Å². The van der Waals surface area contributed by atoms with Crippen molar-refractivity contribution in [2.75, 3.05) is 20.7 Å². The minimum atomic E-state index is 0.0459. The Morgan fingerprint density at radius 3 is 2.93 bits per heavy atom. The quantitative estimate of drug-likeness (QED) is 0.685. The van der Waals surface area contributed by atoms with Crippen LogP contribution in [0.3, 0.4) is 0 Å². The lowest BCUT2D eigenvalue weighted by atomic mass is 9.93. The van der Waals surface area contributed by atoms with Gasteiger partial charge in [-0.15, -0.1) is 0 Å². The van der Waals surface area contributed by atoms with Crippen molar-refractivity contribution in [3.05, 3.63) is 0 Å². The highest BCUT2D eigenvalue weighted by atomic mass is 16.5. The molecule has 0 aromatic rings. The Morgan fingerprint density at radius 1 is 1.50 bits per heavy atom. The second kappa shape index (κ2) is 5.98. The molecule has 4 nitrogen and oxygen atoms in total. The molecule has 2 unspecified atom stereocenters. The zero-order chi connectivity index (χ0) is 10.4. The molecule has 0 saturated heterocycles. The lowest BCUT2D eigenvalue weighted by Gasteiger charge is -2.28. The Bertz CT molecular complexity index is 185. The highest BCUT2D eigenvalue weighted by Gasteiger charge is 2.21. The summed E-state index contributed by atoms with van der Waals surface area (Å²) < 4.78 is 5.31. The van der Waals surface area contributed by atoms with Crippen molar-refractivity contribution in [1.82, 2.24) is 10.6 Å². The van der Waals surface area contributed by atoms with Crippen molar-refractivity contribution >= 4 is 5.91 Å². The SMILES string of the molecule is CNC(=O)CNC1CCCC(OC)C1. The van der Waals surface area contributed by atoms with Gasteiger partial charge in [-0.25, -0.2) is 0 Å². The molecule has 1 aliphatic rings. The predicted octanol–water partition coefficient (Wildman–Crippen LogP) is 0.280. The molecular formula is C10H20N2O2. The molecule has 0 bridgehead atoms. The van der Waals surface area contributed by atoms with Crippen LogP contribution in [-0.2, 0) is 9.53 Å². The molecule has 0 spiro atoms. The van der Waals surface area contributed by atoms with Gasteiger partial charge in [-0.2, -0.15) is 0 Å². The second-order valence-corrected chi connectivity index (χ2v) is 3.78. The third-order valence-electron chi connectivity index (χ3n) is 2.79. The van der Waals surface area contributed by atoms with E-state index in [1.165, 1.54) is 6.42 Å². The number of nitrogens with one attached hydrogen (secondary N) is 2. The zero-order valence-electron chi connectivity index (χ0n) is 9.01. The highest BCUT2D eigenvalue weighted by molar-refractivity contribution is 5.77. The molecule has 1 rings (SSSR count). The fourth-order valence-electron chi connectivity index (χ4n) is 1.87. The van der Waals surface area contributed by atoms with Gasteiger partial charge < -0.3 is 15.4 Å². The first-order valence-corrected chi connectivity index (χ1v) is 5.23. The standard InChI is InChI=1S/C10H20N2O2/c1-11-10(13)7-12-8-4-3-5-9(6-8)14-2/h8-9,12H,3-7H2,1-2H3,(H,11,13). The maximum absolute atomic E-state index is 11.0. The van der Waals surface area contributed by atoms with Gasteiger partial charge in [0.2, 0.25) is 5.91 Å². The van der Waals surface area contributed by atoms with Gasteiger partial charge in [0.25, 0.3) is 0 Å². The summed E-state index contributed by atoms with van der Waals surface area (Å²) in [6.07, 6.45) is 4.87. The van der Waals surface area contributed by atoms with Crippen LogP contribution < -0.4 is 10.6 Å². The Balaban J connectivity index is 2.20. The number of carbonyl (C=O) groups is 1. The molecule has 0 aliphatic heterocycles. The van der Waals surface area contributed by atoms with Gasteiger partial charge in [0, 0.05) is 20.2 Å². The summed E-state index contributed by atoms with van der Waals surface area (Å²) in [4.78, 5) is 11.0. The molecule has 1 fully saturated rings. The number of likely N-dealkylation sites (N-methyl/N-ethyl adjacent to an activating group) is 1. The number of hydrogen-bond acceptors (Lipinski definition) is 3. The summed E-state index contributed by atoms with van der Waals surface area (Å²) in [6, 6.07) is 0.436. The van der Waals surface area contributed by atoms with Crippen LogP contribution in [0.4, 0.5) is 0 Å². The molecule has 0 aromatic heterocycles. The van der Waals surface area contributed by atoms with Gasteiger partial charge in [0.1, 0.15) is 0 Å². The average Bonchev–Trinajstić information content (AvgIpc) is 2.26. The molecule has 1 aliphatic carbocycles. The lowest BCUT2D eigenvalue weighted by Crippen LogP contribution is -2.41. The van der Waals surface area contributed by atoms with E-state index in [0.717, 1.165) is 19.3 Å². The van der Waals surface area contributed by atoms with Crippen molar-refractivity contribution in [3.8, 4) is 0 Å². The molecule has 14 heavy (non-hydrogen) atoms. The van der Waals surface area contributed by atoms with E-state index in [9.17, 15) is 4.79 Å². The normalized spacial score (nSPS) is 27.3. The van der Waals surface area contributed by atoms with Gasteiger partial charge in [-0.05, 0) is 25.7 Å². The summed E-state index contributed by atoms with van der Waals surface area (Å²) in [6.45, 7) is 0.414. The molecule has 1 saturated carbocycles. The smallest absolute Gasteiger partial charge is 0.233 e. The van der Waals surface area contributed by atoms with Crippen LogP contribution in [0.15, 0.2) is 0 Å².